The van der Waals surface area contributed by atoms with Crippen molar-refractivity contribution in [2.45, 2.75) is 163 Å². The van der Waals surface area contributed by atoms with Crippen LogP contribution in [-0.2, 0) is 0 Å². The molecule has 0 N–H and O–H groups in total. The predicted molar refractivity (Wildman–Crippen MR) is 127 cm³/mol. The van der Waals surface area contributed by atoms with Crippen molar-refractivity contribution in [2.24, 2.45) is 11.3 Å². The van der Waals surface area contributed by atoms with Crippen LogP contribution in [0.4, 0.5) is 0 Å². The molecule has 164 valence electrons. The van der Waals surface area contributed by atoms with Crippen LogP contribution in [0, 0.1) is 11.3 Å². The smallest absolute Gasteiger partial charge is 0.0354 e. The molecule has 0 saturated carbocycles. The second kappa shape index (κ2) is 19.3. The Bertz CT molecular complexity index is 272. The number of rotatable bonds is 20. The molecule has 0 aromatic heterocycles. The van der Waals surface area contributed by atoms with Crippen molar-refractivity contribution in [3.8, 4) is 0 Å². The SMILES string of the molecule is CCCCCCCCCCCCC(CCCCCCCCCC)C(C)(C)C. The molecule has 0 rings (SSSR count). The highest BCUT2D eigenvalue weighted by atomic mass is 14.3. The van der Waals surface area contributed by atoms with Gasteiger partial charge >= 0.3 is 0 Å². The number of hydrogen-bond donors (Lipinski definition) is 0. The minimum atomic E-state index is 0.500. The second-order valence-electron chi connectivity index (χ2n) is 10.3. The average Bonchev–Trinajstić information content (AvgIpc) is 2.62. The summed E-state index contributed by atoms with van der Waals surface area (Å²) in [4.78, 5) is 0. The quantitative estimate of drug-likeness (QED) is 0.184. The summed E-state index contributed by atoms with van der Waals surface area (Å²) < 4.78 is 0. The Morgan fingerprint density at radius 1 is 0.407 bits per heavy atom. The number of hydrogen-bond acceptors (Lipinski definition) is 0. The van der Waals surface area contributed by atoms with Gasteiger partial charge in [-0.1, -0.05) is 150 Å². The predicted octanol–water partition coefficient (Wildman–Crippen LogP) is 10.5. The largest absolute Gasteiger partial charge is 0.0654 e. The van der Waals surface area contributed by atoms with E-state index in [0.717, 1.165) is 5.92 Å². The lowest BCUT2D eigenvalue weighted by atomic mass is 9.75. The first kappa shape index (κ1) is 27.0. The maximum atomic E-state index is 2.47. The van der Waals surface area contributed by atoms with Crippen molar-refractivity contribution < 1.29 is 0 Å². The number of unbranched alkanes of at least 4 members (excludes halogenated alkanes) is 16. The first-order chi connectivity index (χ1) is 13.0. The van der Waals surface area contributed by atoms with Crippen molar-refractivity contribution in [3.05, 3.63) is 0 Å². The van der Waals surface area contributed by atoms with Crippen molar-refractivity contribution in [1.82, 2.24) is 0 Å². The molecule has 0 heteroatoms. The zero-order valence-electron chi connectivity index (χ0n) is 20.2. The molecule has 0 aromatic rings. The first-order valence-corrected chi connectivity index (χ1v) is 13.0. The Labute approximate surface area is 174 Å². The van der Waals surface area contributed by atoms with Gasteiger partial charge in [-0.3, -0.25) is 0 Å². The minimum absolute atomic E-state index is 0.500. The summed E-state index contributed by atoms with van der Waals surface area (Å²) in [5, 5.41) is 0. The average molecular weight is 381 g/mol. The van der Waals surface area contributed by atoms with E-state index >= 15 is 0 Å². The molecule has 0 aliphatic rings. The maximum Gasteiger partial charge on any atom is -0.0354 e. The van der Waals surface area contributed by atoms with E-state index in [0.29, 0.717) is 5.41 Å². The van der Waals surface area contributed by atoms with E-state index < -0.39 is 0 Å². The van der Waals surface area contributed by atoms with E-state index in [1.54, 1.807) is 0 Å². The highest BCUT2D eigenvalue weighted by Gasteiger charge is 2.23. The molecule has 0 radical (unpaired) electrons. The summed E-state index contributed by atoms with van der Waals surface area (Å²) in [5.41, 5.74) is 0.500. The molecule has 27 heavy (non-hydrogen) atoms. The lowest BCUT2D eigenvalue weighted by molar-refractivity contribution is 0.201. The molecule has 0 aliphatic carbocycles. The van der Waals surface area contributed by atoms with Crippen LogP contribution in [-0.4, -0.2) is 0 Å². The van der Waals surface area contributed by atoms with Crippen molar-refractivity contribution in [1.29, 1.82) is 0 Å². The van der Waals surface area contributed by atoms with E-state index in [1.165, 1.54) is 128 Å². The Morgan fingerprint density at radius 3 is 0.926 bits per heavy atom. The van der Waals surface area contributed by atoms with Gasteiger partial charge in [-0.2, -0.15) is 0 Å². The molecule has 0 saturated heterocycles. The van der Waals surface area contributed by atoms with Crippen LogP contribution >= 0.6 is 0 Å². The summed E-state index contributed by atoms with van der Waals surface area (Å²) in [6.45, 7) is 12.0. The van der Waals surface area contributed by atoms with Gasteiger partial charge in [0.2, 0.25) is 0 Å². The highest BCUT2D eigenvalue weighted by molar-refractivity contribution is 4.74. The third-order valence-corrected chi connectivity index (χ3v) is 6.54. The Kier molecular flexibility index (Phi) is 19.3. The first-order valence-electron chi connectivity index (χ1n) is 13.0. The summed E-state index contributed by atoms with van der Waals surface area (Å²) in [7, 11) is 0. The van der Waals surface area contributed by atoms with Crippen molar-refractivity contribution in [3.63, 3.8) is 0 Å². The molecular weight excluding hydrogens is 324 g/mol. The molecule has 0 spiro atoms. The fraction of sp³-hybridized carbons (Fsp3) is 1.00. The zero-order chi connectivity index (χ0) is 20.2. The molecule has 0 heterocycles. The Balaban J connectivity index is 3.63. The van der Waals surface area contributed by atoms with Gasteiger partial charge in [0, 0.05) is 0 Å². The molecule has 0 nitrogen and oxygen atoms in total. The molecular formula is C27H56. The molecule has 1 atom stereocenters. The van der Waals surface area contributed by atoms with E-state index in [-0.39, 0.29) is 0 Å². The van der Waals surface area contributed by atoms with Gasteiger partial charge in [0.25, 0.3) is 0 Å². The molecule has 0 aromatic carbocycles. The monoisotopic (exact) mass is 380 g/mol. The van der Waals surface area contributed by atoms with Crippen LogP contribution < -0.4 is 0 Å². The van der Waals surface area contributed by atoms with Crippen LogP contribution in [0.25, 0.3) is 0 Å². The Hall–Kier alpha value is 0. The van der Waals surface area contributed by atoms with Crippen LogP contribution in [0.1, 0.15) is 163 Å². The van der Waals surface area contributed by atoms with Crippen LogP contribution in [0.3, 0.4) is 0 Å². The van der Waals surface area contributed by atoms with Crippen LogP contribution in [0.2, 0.25) is 0 Å². The van der Waals surface area contributed by atoms with Crippen LogP contribution in [0.15, 0.2) is 0 Å². The van der Waals surface area contributed by atoms with Gasteiger partial charge in [0.15, 0.2) is 0 Å². The van der Waals surface area contributed by atoms with Crippen molar-refractivity contribution >= 4 is 0 Å². The van der Waals surface area contributed by atoms with E-state index in [9.17, 15) is 0 Å². The lowest BCUT2D eigenvalue weighted by Crippen LogP contribution is -2.20. The standard InChI is InChI=1S/C27H56/c1-6-8-10-12-14-16-17-19-21-23-25-26(27(3,4)5)24-22-20-18-15-13-11-9-7-2/h26H,6-25H2,1-5H3. The molecule has 0 fully saturated rings. The second-order valence-corrected chi connectivity index (χ2v) is 10.3. The summed E-state index contributed by atoms with van der Waals surface area (Å²) >= 11 is 0. The molecule has 0 amide bonds. The van der Waals surface area contributed by atoms with Gasteiger partial charge in [-0.05, 0) is 24.2 Å². The van der Waals surface area contributed by atoms with Gasteiger partial charge < -0.3 is 0 Å². The lowest BCUT2D eigenvalue weighted by Gasteiger charge is -2.31. The zero-order valence-corrected chi connectivity index (χ0v) is 20.2. The third kappa shape index (κ3) is 19.1. The van der Waals surface area contributed by atoms with Crippen LogP contribution in [0.5, 0.6) is 0 Å². The van der Waals surface area contributed by atoms with Gasteiger partial charge in [-0.25, -0.2) is 0 Å². The van der Waals surface area contributed by atoms with E-state index in [1.807, 2.05) is 0 Å². The molecule has 0 bridgehead atoms. The van der Waals surface area contributed by atoms with Gasteiger partial charge in [-0.15, -0.1) is 0 Å². The normalized spacial score (nSPS) is 13.2. The maximum absolute atomic E-state index is 2.47. The van der Waals surface area contributed by atoms with Gasteiger partial charge in [0.1, 0.15) is 0 Å². The third-order valence-electron chi connectivity index (χ3n) is 6.54. The summed E-state index contributed by atoms with van der Waals surface area (Å²) in [5.74, 6) is 0.937. The highest BCUT2D eigenvalue weighted by Crippen LogP contribution is 2.34. The van der Waals surface area contributed by atoms with E-state index in [2.05, 4.69) is 34.6 Å². The van der Waals surface area contributed by atoms with E-state index in [4.69, 9.17) is 0 Å². The fourth-order valence-electron chi connectivity index (χ4n) is 4.41. The molecule has 0 aliphatic heterocycles. The topological polar surface area (TPSA) is 0 Å². The minimum Gasteiger partial charge on any atom is -0.0654 e. The summed E-state index contributed by atoms with van der Waals surface area (Å²) in [6, 6.07) is 0. The van der Waals surface area contributed by atoms with Crippen molar-refractivity contribution in [2.75, 3.05) is 0 Å². The fourth-order valence-corrected chi connectivity index (χ4v) is 4.41. The van der Waals surface area contributed by atoms with Gasteiger partial charge in [0.05, 0.1) is 0 Å². The summed E-state index contributed by atoms with van der Waals surface area (Å²) in [6.07, 6.45) is 29.1. The molecule has 1 unspecified atom stereocenters. The Morgan fingerprint density at radius 2 is 0.667 bits per heavy atom.